The Balaban J connectivity index is 2.13. The van der Waals surface area contributed by atoms with Gasteiger partial charge in [-0.25, -0.2) is 13.1 Å². The summed E-state index contributed by atoms with van der Waals surface area (Å²) in [6.07, 6.45) is -4.46. The lowest BCUT2D eigenvalue weighted by molar-refractivity contribution is -0.137. The van der Waals surface area contributed by atoms with Crippen molar-refractivity contribution in [1.82, 2.24) is 10.0 Å². The Bertz CT molecular complexity index is 910. The second-order valence-corrected chi connectivity index (χ2v) is 7.61. The van der Waals surface area contributed by atoms with Gasteiger partial charge in [-0.15, -0.1) is 0 Å². The molecule has 27 heavy (non-hydrogen) atoms. The Hall–Kier alpha value is -2.39. The Labute approximate surface area is 155 Å². The first-order chi connectivity index (χ1) is 12.5. The standard InChI is InChI=1S/C18H19F3N2O3S/c1-3-22-27(25,26)16-9-7-13(8-10-16)17(24)23-12(2)14-5-4-6-15(11-14)18(19,20)21/h4-12,22H,3H2,1-2H3,(H,23,24). The number of halogens is 3. The van der Waals surface area contributed by atoms with E-state index in [9.17, 15) is 26.4 Å². The number of alkyl halides is 3. The summed E-state index contributed by atoms with van der Waals surface area (Å²) < 4.78 is 64.5. The number of amides is 1. The van der Waals surface area contributed by atoms with Crippen molar-refractivity contribution < 1.29 is 26.4 Å². The van der Waals surface area contributed by atoms with E-state index in [2.05, 4.69) is 10.0 Å². The van der Waals surface area contributed by atoms with E-state index in [-0.39, 0.29) is 17.0 Å². The van der Waals surface area contributed by atoms with Crippen molar-refractivity contribution in [2.24, 2.45) is 0 Å². The number of sulfonamides is 1. The highest BCUT2D eigenvalue weighted by Crippen LogP contribution is 2.30. The van der Waals surface area contributed by atoms with Crippen LogP contribution in [-0.4, -0.2) is 20.9 Å². The maximum absolute atomic E-state index is 12.8. The summed E-state index contributed by atoms with van der Waals surface area (Å²) in [6, 6.07) is 9.33. The van der Waals surface area contributed by atoms with Gasteiger partial charge in [0.25, 0.3) is 5.91 Å². The van der Waals surface area contributed by atoms with Crippen LogP contribution in [0.3, 0.4) is 0 Å². The number of hydrogen-bond acceptors (Lipinski definition) is 3. The Morgan fingerprint density at radius 3 is 2.30 bits per heavy atom. The highest BCUT2D eigenvalue weighted by atomic mass is 32.2. The molecule has 0 aromatic heterocycles. The molecule has 0 fully saturated rings. The lowest BCUT2D eigenvalue weighted by Gasteiger charge is -2.16. The minimum atomic E-state index is -4.46. The molecule has 0 aliphatic rings. The predicted octanol–water partition coefficient (Wildman–Crippen LogP) is 3.49. The predicted molar refractivity (Wildman–Crippen MR) is 94.6 cm³/mol. The highest BCUT2D eigenvalue weighted by Gasteiger charge is 2.30. The maximum Gasteiger partial charge on any atom is 0.416 e. The third-order valence-electron chi connectivity index (χ3n) is 3.82. The quantitative estimate of drug-likeness (QED) is 0.779. The molecule has 0 aliphatic carbocycles. The first-order valence-corrected chi connectivity index (χ1v) is 9.60. The van der Waals surface area contributed by atoms with Crippen molar-refractivity contribution in [3.8, 4) is 0 Å². The van der Waals surface area contributed by atoms with Crippen LogP contribution in [-0.2, 0) is 16.2 Å². The fourth-order valence-electron chi connectivity index (χ4n) is 2.41. The van der Waals surface area contributed by atoms with Crippen LogP contribution in [0, 0.1) is 0 Å². The molecule has 146 valence electrons. The molecule has 0 bridgehead atoms. The van der Waals surface area contributed by atoms with Crippen molar-refractivity contribution >= 4 is 15.9 Å². The Morgan fingerprint density at radius 1 is 1.11 bits per heavy atom. The summed E-state index contributed by atoms with van der Waals surface area (Å²) in [5.41, 5.74) is -0.284. The molecule has 0 saturated carbocycles. The van der Waals surface area contributed by atoms with Crippen LogP contribution in [0.2, 0.25) is 0 Å². The van der Waals surface area contributed by atoms with Crippen LogP contribution in [0.25, 0.3) is 0 Å². The van der Waals surface area contributed by atoms with E-state index in [0.717, 1.165) is 12.1 Å². The van der Waals surface area contributed by atoms with Gasteiger partial charge in [-0.1, -0.05) is 19.1 Å². The van der Waals surface area contributed by atoms with Crippen molar-refractivity contribution in [2.75, 3.05) is 6.54 Å². The summed E-state index contributed by atoms with van der Waals surface area (Å²) >= 11 is 0. The zero-order valence-electron chi connectivity index (χ0n) is 14.7. The molecule has 0 saturated heterocycles. The molecule has 2 aromatic rings. The summed E-state index contributed by atoms with van der Waals surface area (Å²) in [4.78, 5) is 12.3. The first kappa shape index (κ1) is 20.9. The molecule has 0 heterocycles. The molecule has 1 amide bonds. The van der Waals surface area contributed by atoms with Gasteiger partial charge in [-0.3, -0.25) is 4.79 Å². The Kier molecular flexibility index (Phi) is 6.27. The van der Waals surface area contributed by atoms with Gasteiger partial charge in [0.2, 0.25) is 10.0 Å². The van der Waals surface area contributed by atoms with Crippen LogP contribution in [0.4, 0.5) is 13.2 Å². The van der Waals surface area contributed by atoms with Gasteiger partial charge < -0.3 is 5.32 Å². The van der Waals surface area contributed by atoms with Gasteiger partial charge in [-0.05, 0) is 48.9 Å². The van der Waals surface area contributed by atoms with Crippen molar-refractivity contribution in [1.29, 1.82) is 0 Å². The fraction of sp³-hybridized carbons (Fsp3) is 0.278. The van der Waals surface area contributed by atoms with Crippen molar-refractivity contribution in [2.45, 2.75) is 31.0 Å². The summed E-state index contributed by atoms with van der Waals surface area (Å²) in [5, 5.41) is 2.60. The van der Waals surface area contributed by atoms with Crippen LogP contribution in [0.15, 0.2) is 53.4 Å². The molecule has 0 aliphatic heterocycles. The fourth-order valence-corrected chi connectivity index (χ4v) is 3.45. The van der Waals surface area contributed by atoms with Gasteiger partial charge in [0.1, 0.15) is 0 Å². The normalized spacial score (nSPS) is 13.2. The molecule has 1 atom stereocenters. The molecule has 5 nitrogen and oxygen atoms in total. The number of nitrogens with one attached hydrogen (secondary N) is 2. The van der Waals surface area contributed by atoms with Crippen LogP contribution < -0.4 is 10.0 Å². The minimum Gasteiger partial charge on any atom is -0.346 e. The first-order valence-electron chi connectivity index (χ1n) is 8.12. The van der Waals surface area contributed by atoms with Gasteiger partial charge in [0, 0.05) is 12.1 Å². The summed E-state index contributed by atoms with van der Waals surface area (Å²) in [6.45, 7) is 3.45. The van der Waals surface area contributed by atoms with Gasteiger partial charge in [0.05, 0.1) is 16.5 Å². The average molecular weight is 400 g/mol. The molecule has 0 radical (unpaired) electrons. The molecule has 2 N–H and O–H groups in total. The van der Waals surface area contributed by atoms with E-state index in [1.807, 2.05) is 0 Å². The number of hydrogen-bond donors (Lipinski definition) is 2. The summed E-state index contributed by atoms with van der Waals surface area (Å²) in [7, 11) is -3.63. The molecule has 2 aromatic carbocycles. The lowest BCUT2D eigenvalue weighted by Crippen LogP contribution is -2.27. The lowest BCUT2D eigenvalue weighted by atomic mass is 10.0. The van der Waals surface area contributed by atoms with E-state index in [1.165, 1.54) is 36.4 Å². The Morgan fingerprint density at radius 2 is 1.74 bits per heavy atom. The van der Waals surface area contributed by atoms with Gasteiger partial charge in [-0.2, -0.15) is 13.2 Å². The molecular formula is C18H19F3N2O3S. The molecule has 1 unspecified atom stereocenters. The molecular weight excluding hydrogens is 381 g/mol. The highest BCUT2D eigenvalue weighted by molar-refractivity contribution is 7.89. The van der Waals surface area contributed by atoms with E-state index >= 15 is 0 Å². The van der Waals surface area contributed by atoms with E-state index in [0.29, 0.717) is 5.56 Å². The van der Waals surface area contributed by atoms with Crippen LogP contribution in [0.1, 0.15) is 41.4 Å². The molecule has 9 heteroatoms. The average Bonchev–Trinajstić information content (AvgIpc) is 2.61. The van der Waals surface area contributed by atoms with E-state index < -0.39 is 33.7 Å². The second kappa shape index (κ2) is 8.10. The molecule has 0 spiro atoms. The third-order valence-corrected chi connectivity index (χ3v) is 5.38. The number of benzene rings is 2. The topological polar surface area (TPSA) is 75.3 Å². The van der Waals surface area contributed by atoms with E-state index in [4.69, 9.17) is 0 Å². The second-order valence-electron chi connectivity index (χ2n) is 5.84. The number of carbonyl (C=O) groups excluding carboxylic acids is 1. The van der Waals surface area contributed by atoms with E-state index in [1.54, 1.807) is 13.8 Å². The smallest absolute Gasteiger partial charge is 0.346 e. The van der Waals surface area contributed by atoms with Crippen LogP contribution >= 0.6 is 0 Å². The number of carbonyl (C=O) groups is 1. The largest absolute Gasteiger partial charge is 0.416 e. The maximum atomic E-state index is 12.8. The van der Waals surface area contributed by atoms with Gasteiger partial charge >= 0.3 is 6.18 Å². The SMILES string of the molecule is CCNS(=O)(=O)c1ccc(C(=O)NC(C)c2cccc(C(F)(F)F)c2)cc1. The third kappa shape index (κ3) is 5.30. The molecule has 2 rings (SSSR count). The number of rotatable bonds is 6. The zero-order valence-corrected chi connectivity index (χ0v) is 15.5. The van der Waals surface area contributed by atoms with Gasteiger partial charge in [0.15, 0.2) is 0 Å². The van der Waals surface area contributed by atoms with Crippen molar-refractivity contribution in [3.05, 3.63) is 65.2 Å². The minimum absolute atomic E-state index is 0.0202. The monoisotopic (exact) mass is 400 g/mol. The zero-order chi connectivity index (χ0) is 20.2. The van der Waals surface area contributed by atoms with Crippen LogP contribution in [0.5, 0.6) is 0 Å². The summed E-state index contributed by atoms with van der Waals surface area (Å²) in [5.74, 6) is -0.521. The van der Waals surface area contributed by atoms with Crippen molar-refractivity contribution in [3.63, 3.8) is 0 Å².